The minimum absolute atomic E-state index is 0.0865. The van der Waals surface area contributed by atoms with Crippen LogP contribution in [-0.4, -0.2) is 36.5 Å². The molecule has 0 aliphatic heterocycles. The lowest BCUT2D eigenvalue weighted by molar-refractivity contribution is -0.129. The number of aromatic nitrogens is 1. The average molecular weight is 366 g/mol. The lowest BCUT2D eigenvalue weighted by Gasteiger charge is -2.16. The summed E-state index contributed by atoms with van der Waals surface area (Å²) >= 11 is 1.58. The van der Waals surface area contributed by atoms with Crippen molar-refractivity contribution in [1.29, 1.82) is 0 Å². The fraction of sp³-hybridized carbons (Fsp3) is 0.238. The Morgan fingerprint density at radius 3 is 2.54 bits per heavy atom. The van der Waals surface area contributed by atoms with Gasteiger partial charge in [-0.2, -0.15) is 0 Å². The van der Waals surface area contributed by atoms with Gasteiger partial charge in [0.1, 0.15) is 10.8 Å². The summed E-state index contributed by atoms with van der Waals surface area (Å²) < 4.78 is 5.16. The minimum atomic E-state index is 0.0865. The highest BCUT2D eigenvalue weighted by atomic mass is 32.1. The molecule has 5 heteroatoms. The number of thiazole rings is 1. The first kappa shape index (κ1) is 18.1. The summed E-state index contributed by atoms with van der Waals surface area (Å²) in [6, 6.07) is 18.0. The van der Waals surface area contributed by atoms with Crippen LogP contribution in [0.2, 0.25) is 0 Å². The van der Waals surface area contributed by atoms with E-state index in [0.29, 0.717) is 13.0 Å². The molecule has 4 nitrogen and oxygen atoms in total. The predicted molar refractivity (Wildman–Crippen MR) is 106 cm³/mol. The normalized spacial score (nSPS) is 10.5. The highest BCUT2D eigenvalue weighted by Crippen LogP contribution is 2.23. The first-order chi connectivity index (χ1) is 12.7. The quantitative estimate of drug-likeness (QED) is 0.633. The summed E-state index contributed by atoms with van der Waals surface area (Å²) in [5.41, 5.74) is 3.10. The molecule has 1 amide bonds. The number of hydrogen-bond donors (Lipinski definition) is 0. The zero-order valence-electron chi connectivity index (χ0n) is 15.0. The zero-order chi connectivity index (χ0) is 18.4. The Hall–Kier alpha value is -2.66. The van der Waals surface area contributed by atoms with Gasteiger partial charge in [-0.1, -0.05) is 42.5 Å². The van der Waals surface area contributed by atoms with Gasteiger partial charge in [0.2, 0.25) is 5.91 Å². The van der Waals surface area contributed by atoms with Crippen molar-refractivity contribution in [3.05, 3.63) is 71.2 Å². The molecule has 0 radical (unpaired) electrons. The van der Waals surface area contributed by atoms with Crippen LogP contribution in [0.5, 0.6) is 5.75 Å². The number of methoxy groups -OCH3 is 1. The molecule has 2 aromatic carbocycles. The summed E-state index contributed by atoms with van der Waals surface area (Å²) in [7, 11) is 3.50. The number of carbonyl (C=O) groups excluding carboxylic acids is 1. The summed E-state index contributed by atoms with van der Waals surface area (Å²) in [6.45, 7) is 0.681. The molecule has 1 aromatic heterocycles. The van der Waals surface area contributed by atoms with Gasteiger partial charge in [-0.15, -0.1) is 11.3 Å². The third kappa shape index (κ3) is 4.70. The Morgan fingerprint density at radius 2 is 1.85 bits per heavy atom. The number of nitrogens with zero attached hydrogens (tertiary/aromatic N) is 2. The van der Waals surface area contributed by atoms with Gasteiger partial charge in [0.05, 0.1) is 19.2 Å². The largest absolute Gasteiger partial charge is 0.497 e. The van der Waals surface area contributed by atoms with Crippen LogP contribution < -0.4 is 4.74 Å². The summed E-state index contributed by atoms with van der Waals surface area (Å²) in [4.78, 5) is 18.8. The Morgan fingerprint density at radius 1 is 1.12 bits per heavy atom. The van der Waals surface area contributed by atoms with Crippen LogP contribution in [0.25, 0.3) is 10.6 Å². The van der Waals surface area contributed by atoms with Crippen molar-refractivity contribution < 1.29 is 9.53 Å². The van der Waals surface area contributed by atoms with Crippen molar-refractivity contribution in [1.82, 2.24) is 9.88 Å². The highest BCUT2D eigenvalue weighted by Gasteiger charge is 2.13. The van der Waals surface area contributed by atoms with Crippen LogP contribution >= 0.6 is 11.3 Å². The zero-order valence-corrected chi connectivity index (χ0v) is 15.8. The molecule has 134 valence electrons. The van der Waals surface area contributed by atoms with E-state index >= 15 is 0 Å². The van der Waals surface area contributed by atoms with Crippen LogP contribution in [-0.2, 0) is 17.6 Å². The Labute approximate surface area is 158 Å². The molecule has 3 rings (SSSR count). The molecule has 0 saturated carbocycles. The molecule has 0 N–H and O–H groups in total. The van der Waals surface area contributed by atoms with Gasteiger partial charge in [0, 0.05) is 24.5 Å². The maximum Gasteiger partial charge on any atom is 0.228 e. The van der Waals surface area contributed by atoms with Crippen molar-refractivity contribution in [3.8, 4) is 16.3 Å². The van der Waals surface area contributed by atoms with Crippen molar-refractivity contribution >= 4 is 17.2 Å². The number of carbonyl (C=O) groups is 1. The molecule has 0 fully saturated rings. The Balaban J connectivity index is 1.53. The van der Waals surface area contributed by atoms with Crippen molar-refractivity contribution in [2.75, 3.05) is 20.7 Å². The summed E-state index contributed by atoms with van der Waals surface area (Å²) in [5.74, 6) is 0.930. The second-order valence-electron chi connectivity index (χ2n) is 6.10. The van der Waals surface area contributed by atoms with Gasteiger partial charge in [0.25, 0.3) is 0 Å². The molecular weight excluding hydrogens is 344 g/mol. The number of rotatable bonds is 7. The van der Waals surface area contributed by atoms with E-state index < -0.39 is 0 Å². The van der Waals surface area contributed by atoms with E-state index in [2.05, 4.69) is 4.98 Å². The highest BCUT2D eigenvalue weighted by molar-refractivity contribution is 7.13. The van der Waals surface area contributed by atoms with Crippen LogP contribution in [0.4, 0.5) is 0 Å². The van der Waals surface area contributed by atoms with E-state index in [-0.39, 0.29) is 5.91 Å². The molecule has 0 aliphatic carbocycles. The van der Waals surface area contributed by atoms with Crippen LogP contribution in [0.1, 0.15) is 11.3 Å². The van der Waals surface area contributed by atoms with E-state index in [1.807, 2.05) is 67.0 Å². The first-order valence-electron chi connectivity index (χ1n) is 8.52. The molecule has 0 spiro atoms. The van der Waals surface area contributed by atoms with E-state index in [1.165, 1.54) is 5.56 Å². The topological polar surface area (TPSA) is 42.4 Å². The second-order valence-corrected chi connectivity index (χ2v) is 6.96. The fourth-order valence-electron chi connectivity index (χ4n) is 2.61. The van der Waals surface area contributed by atoms with Crippen molar-refractivity contribution in [2.24, 2.45) is 0 Å². The van der Waals surface area contributed by atoms with Crippen LogP contribution in [0.15, 0.2) is 60.0 Å². The fourth-order valence-corrected chi connectivity index (χ4v) is 3.43. The van der Waals surface area contributed by atoms with Gasteiger partial charge in [0.15, 0.2) is 0 Å². The third-order valence-electron chi connectivity index (χ3n) is 4.23. The van der Waals surface area contributed by atoms with E-state index in [1.54, 1.807) is 23.3 Å². The molecule has 0 saturated heterocycles. The second kappa shape index (κ2) is 8.63. The summed E-state index contributed by atoms with van der Waals surface area (Å²) in [5, 5.41) is 2.92. The Bertz CT molecular complexity index is 844. The van der Waals surface area contributed by atoms with E-state index in [9.17, 15) is 4.79 Å². The molecule has 1 heterocycles. The maximum absolute atomic E-state index is 12.5. The number of benzene rings is 2. The number of hydrogen-bond acceptors (Lipinski definition) is 4. The number of ether oxygens (including phenoxy) is 1. The molecule has 0 bridgehead atoms. The molecular formula is C21H22N2O2S. The maximum atomic E-state index is 12.5. The Kier molecular flexibility index (Phi) is 6.02. The minimum Gasteiger partial charge on any atom is -0.497 e. The van der Waals surface area contributed by atoms with Gasteiger partial charge in [-0.05, 0) is 24.1 Å². The van der Waals surface area contributed by atoms with Crippen LogP contribution in [0, 0.1) is 0 Å². The average Bonchev–Trinajstić information content (AvgIpc) is 3.15. The van der Waals surface area contributed by atoms with E-state index in [0.717, 1.165) is 28.4 Å². The van der Waals surface area contributed by atoms with Gasteiger partial charge < -0.3 is 9.64 Å². The third-order valence-corrected chi connectivity index (χ3v) is 5.17. The van der Waals surface area contributed by atoms with E-state index in [4.69, 9.17) is 4.74 Å². The smallest absolute Gasteiger partial charge is 0.228 e. The predicted octanol–water partition coefficient (Wildman–Crippen LogP) is 4.06. The van der Waals surface area contributed by atoms with Crippen LogP contribution in [0.3, 0.4) is 0 Å². The first-order valence-corrected chi connectivity index (χ1v) is 9.40. The van der Waals surface area contributed by atoms with Gasteiger partial charge >= 0.3 is 0 Å². The standard InChI is InChI=1S/C21H22N2O2S/c1-23(13-12-16-8-10-19(25-2)11-9-16)20(24)14-18-15-26-21(22-18)17-6-4-3-5-7-17/h3-11,15H,12-14H2,1-2H3. The van der Waals surface area contributed by atoms with Crippen molar-refractivity contribution in [3.63, 3.8) is 0 Å². The molecule has 3 aromatic rings. The molecule has 0 unspecified atom stereocenters. The van der Waals surface area contributed by atoms with Gasteiger partial charge in [-0.3, -0.25) is 4.79 Å². The number of likely N-dealkylation sites (N-methyl/N-ethyl adjacent to an activating group) is 1. The molecule has 0 atom stereocenters. The molecule has 0 aliphatic rings. The SMILES string of the molecule is COc1ccc(CCN(C)C(=O)Cc2csc(-c3ccccc3)n2)cc1. The van der Waals surface area contributed by atoms with Gasteiger partial charge in [-0.25, -0.2) is 4.98 Å². The molecule has 26 heavy (non-hydrogen) atoms. The monoisotopic (exact) mass is 366 g/mol. The lowest BCUT2D eigenvalue weighted by atomic mass is 10.1. The summed E-state index contributed by atoms with van der Waals surface area (Å²) in [6.07, 6.45) is 1.15. The van der Waals surface area contributed by atoms with Crippen molar-refractivity contribution in [2.45, 2.75) is 12.8 Å². The lowest BCUT2D eigenvalue weighted by Crippen LogP contribution is -2.30. The number of amides is 1.